The zero-order valence-corrected chi connectivity index (χ0v) is 15.0. The van der Waals surface area contributed by atoms with Crippen LogP contribution in [0.1, 0.15) is 17.2 Å². The number of likely N-dealkylation sites (N-methyl/N-ethyl adjacent to an activating group) is 1. The van der Waals surface area contributed by atoms with Gasteiger partial charge in [0.2, 0.25) is 12.7 Å². The van der Waals surface area contributed by atoms with Gasteiger partial charge in [0.05, 0.1) is 12.5 Å². The van der Waals surface area contributed by atoms with Crippen LogP contribution in [0.15, 0.2) is 42.5 Å². The second-order valence-corrected chi connectivity index (χ2v) is 6.64. The van der Waals surface area contributed by atoms with Crippen LogP contribution in [-0.4, -0.2) is 38.2 Å². The molecule has 0 aromatic heterocycles. The maximum atomic E-state index is 12.2. The lowest BCUT2D eigenvalue weighted by atomic mass is 10.0. The summed E-state index contributed by atoms with van der Waals surface area (Å²) in [7, 11) is 3.97. The van der Waals surface area contributed by atoms with E-state index in [4.69, 9.17) is 21.1 Å². The van der Waals surface area contributed by atoms with E-state index in [1.54, 1.807) is 12.1 Å². The van der Waals surface area contributed by atoms with Gasteiger partial charge in [0.15, 0.2) is 11.5 Å². The van der Waals surface area contributed by atoms with Crippen molar-refractivity contribution in [3.63, 3.8) is 0 Å². The highest BCUT2D eigenvalue weighted by atomic mass is 35.5. The van der Waals surface area contributed by atoms with Gasteiger partial charge in [-0.15, -0.1) is 0 Å². The van der Waals surface area contributed by atoms with E-state index in [0.29, 0.717) is 18.0 Å². The van der Waals surface area contributed by atoms with Crippen molar-refractivity contribution in [2.24, 2.45) is 0 Å². The molecule has 1 aliphatic heterocycles. The van der Waals surface area contributed by atoms with Gasteiger partial charge in [-0.3, -0.25) is 4.79 Å². The molecule has 1 N–H and O–H groups in total. The van der Waals surface area contributed by atoms with Crippen LogP contribution in [0.2, 0.25) is 5.02 Å². The van der Waals surface area contributed by atoms with Crippen LogP contribution in [0.5, 0.6) is 11.5 Å². The molecule has 2 aromatic carbocycles. The van der Waals surface area contributed by atoms with E-state index in [-0.39, 0.29) is 18.7 Å². The monoisotopic (exact) mass is 360 g/mol. The number of nitrogens with one attached hydrogen (secondary N) is 1. The number of ether oxygens (including phenoxy) is 2. The molecule has 1 heterocycles. The molecule has 0 radical (unpaired) electrons. The minimum absolute atomic E-state index is 0.0186. The summed E-state index contributed by atoms with van der Waals surface area (Å²) in [6.07, 6.45) is 0.332. The third kappa shape index (κ3) is 4.44. The Morgan fingerprint density at radius 2 is 1.88 bits per heavy atom. The summed E-state index contributed by atoms with van der Waals surface area (Å²) in [6.45, 7) is 0.766. The van der Waals surface area contributed by atoms with Gasteiger partial charge < -0.3 is 19.7 Å². The first-order chi connectivity index (χ1) is 12.0. The molecule has 3 rings (SSSR count). The van der Waals surface area contributed by atoms with E-state index in [0.717, 1.165) is 22.6 Å². The summed E-state index contributed by atoms with van der Waals surface area (Å²) < 4.78 is 10.8. The summed E-state index contributed by atoms with van der Waals surface area (Å²) in [6, 6.07) is 13.2. The molecule has 2 aromatic rings. The zero-order valence-electron chi connectivity index (χ0n) is 14.3. The van der Waals surface area contributed by atoms with Gasteiger partial charge in [-0.05, 0) is 49.5 Å². The molecule has 1 aliphatic rings. The average molecular weight is 361 g/mol. The first-order valence-electron chi connectivity index (χ1n) is 8.10. The Bertz CT molecular complexity index is 747. The molecule has 25 heavy (non-hydrogen) atoms. The van der Waals surface area contributed by atoms with Gasteiger partial charge in [0.1, 0.15) is 0 Å². The fourth-order valence-corrected chi connectivity index (χ4v) is 2.91. The number of nitrogens with zero attached hydrogens (tertiary/aromatic N) is 1. The van der Waals surface area contributed by atoms with Gasteiger partial charge >= 0.3 is 0 Å². The lowest BCUT2D eigenvalue weighted by molar-refractivity contribution is -0.120. The average Bonchev–Trinajstić information content (AvgIpc) is 3.04. The van der Waals surface area contributed by atoms with Crippen molar-refractivity contribution in [2.45, 2.75) is 12.5 Å². The summed E-state index contributed by atoms with van der Waals surface area (Å²) in [5.41, 5.74) is 2.01. The van der Waals surface area contributed by atoms with Gasteiger partial charge in [-0.2, -0.15) is 0 Å². The second-order valence-electron chi connectivity index (χ2n) is 6.20. The number of fused-ring (bicyclic) bond motifs is 1. The van der Waals surface area contributed by atoms with Crippen molar-refractivity contribution in [1.82, 2.24) is 10.2 Å². The third-order valence-corrected chi connectivity index (χ3v) is 4.43. The molecule has 1 amide bonds. The number of amides is 1. The molecule has 5 nitrogen and oxygen atoms in total. The lowest BCUT2D eigenvalue weighted by Crippen LogP contribution is -2.35. The minimum atomic E-state index is -0.0186. The van der Waals surface area contributed by atoms with Crippen LogP contribution < -0.4 is 14.8 Å². The van der Waals surface area contributed by atoms with E-state index in [1.165, 1.54) is 0 Å². The van der Waals surface area contributed by atoms with Crippen molar-refractivity contribution in [3.05, 3.63) is 58.6 Å². The van der Waals surface area contributed by atoms with E-state index in [1.807, 2.05) is 44.4 Å². The van der Waals surface area contributed by atoms with Gasteiger partial charge in [0.25, 0.3) is 0 Å². The first-order valence-corrected chi connectivity index (χ1v) is 8.48. The molecule has 0 saturated heterocycles. The Labute approximate surface area is 152 Å². The molecule has 132 valence electrons. The first kappa shape index (κ1) is 17.6. The Hall–Kier alpha value is -2.24. The van der Waals surface area contributed by atoms with Crippen molar-refractivity contribution < 1.29 is 14.3 Å². The van der Waals surface area contributed by atoms with Crippen molar-refractivity contribution in [3.8, 4) is 11.5 Å². The van der Waals surface area contributed by atoms with Crippen LogP contribution in [-0.2, 0) is 11.2 Å². The maximum Gasteiger partial charge on any atom is 0.231 e. The smallest absolute Gasteiger partial charge is 0.231 e. The van der Waals surface area contributed by atoms with Gasteiger partial charge in [-0.1, -0.05) is 29.8 Å². The lowest BCUT2D eigenvalue weighted by Gasteiger charge is -2.25. The number of halogens is 1. The van der Waals surface area contributed by atoms with E-state index >= 15 is 0 Å². The Morgan fingerprint density at radius 1 is 1.16 bits per heavy atom. The van der Waals surface area contributed by atoms with Gasteiger partial charge in [0, 0.05) is 11.6 Å². The molecule has 0 saturated carbocycles. The summed E-state index contributed by atoms with van der Waals surface area (Å²) in [5.74, 6) is 1.49. The highest BCUT2D eigenvalue weighted by Gasteiger charge is 2.20. The number of hydrogen-bond donors (Lipinski definition) is 1. The molecule has 0 aliphatic carbocycles. The van der Waals surface area contributed by atoms with Crippen LogP contribution >= 0.6 is 11.6 Å². The molecular formula is C19H21ClN2O3. The number of benzene rings is 2. The standard InChI is InChI=1S/C19H21ClN2O3/c1-22(2)16(14-5-8-17-18(10-14)25-12-24-17)11-21-19(23)9-13-3-6-15(20)7-4-13/h3-8,10,16H,9,11-12H2,1-2H3,(H,21,23)/t16-/m1/s1. The fourth-order valence-electron chi connectivity index (χ4n) is 2.78. The normalized spacial score (nSPS) is 13.8. The Kier molecular flexibility index (Phi) is 5.46. The van der Waals surface area contributed by atoms with Crippen LogP contribution in [0.3, 0.4) is 0 Å². The molecule has 1 atom stereocenters. The predicted molar refractivity (Wildman–Crippen MR) is 97.2 cm³/mol. The van der Waals surface area contributed by atoms with E-state index in [9.17, 15) is 4.79 Å². The van der Waals surface area contributed by atoms with Crippen LogP contribution in [0.25, 0.3) is 0 Å². The topological polar surface area (TPSA) is 50.8 Å². The summed E-state index contributed by atoms with van der Waals surface area (Å²) >= 11 is 5.87. The van der Waals surface area contributed by atoms with E-state index in [2.05, 4.69) is 10.2 Å². The van der Waals surface area contributed by atoms with E-state index < -0.39 is 0 Å². The SMILES string of the molecule is CN(C)[C@H](CNC(=O)Cc1ccc(Cl)cc1)c1ccc2c(c1)OCO2. The number of hydrogen-bond acceptors (Lipinski definition) is 4. The van der Waals surface area contributed by atoms with Crippen LogP contribution in [0.4, 0.5) is 0 Å². The van der Waals surface area contributed by atoms with Crippen molar-refractivity contribution in [1.29, 1.82) is 0 Å². The third-order valence-electron chi connectivity index (χ3n) is 4.18. The second kappa shape index (κ2) is 7.76. The quantitative estimate of drug-likeness (QED) is 0.860. The largest absolute Gasteiger partial charge is 0.454 e. The summed E-state index contributed by atoms with van der Waals surface area (Å²) in [5, 5.41) is 3.67. The minimum Gasteiger partial charge on any atom is -0.454 e. The van der Waals surface area contributed by atoms with Crippen LogP contribution in [0, 0.1) is 0 Å². The zero-order chi connectivity index (χ0) is 17.8. The number of carbonyl (C=O) groups excluding carboxylic acids is 1. The number of carbonyl (C=O) groups is 1. The number of rotatable bonds is 6. The Balaban J connectivity index is 1.62. The fraction of sp³-hybridized carbons (Fsp3) is 0.316. The molecular weight excluding hydrogens is 340 g/mol. The molecule has 0 fully saturated rings. The highest BCUT2D eigenvalue weighted by Crippen LogP contribution is 2.34. The maximum absolute atomic E-state index is 12.2. The highest BCUT2D eigenvalue weighted by molar-refractivity contribution is 6.30. The molecule has 0 unspecified atom stereocenters. The van der Waals surface area contributed by atoms with Gasteiger partial charge in [-0.25, -0.2) is 0 Å². The summed E-state index contributed by atoms with van der Waals surface area (Å²) in [4.78, 5) is 14.3. The van der Waals surface area contributed by atoms with Crippen molar-refractivity contribution >= 4 is 17.5 Å². The Morgan fingerprint density at radius 3 is 2.60 bits per heavy atom. The predicted octanol–water partition coefficient (Wildman–Crippen LogP) is 3.03. The molecule has 0 bridgehead atoms. The van der Waals surface area contributed by atoms with Crippen molar-refractivity contribution in [2.75, 3.05) is 27.4 Å². The molecule has 0 spiro atoms. The molecule has 6 heteroatoms.